The molecule has 32 heavy (non-hydrogen) atoms. The van der Waals surface area contributed by atoms with Gasteiger partial charge in [0.25, 0.3) is 0 Å². The molecule has 0 saturated carbocycles. The average molecular weight is 409 g/mol. The van der Waals surface area contributed by atoms with Crippen molar-refractivity contribution < 1.29 is 4.79 Å². The summed E-state index contributed by atoms with van der Waals surface area (Å²) in [5.74, 6) is 0.318. The molecule has 0 aromatic heterocycles. The van der Waals surface area contributed by atoms with Crippen molar-refractivity contribution in [1.29, 1.82) is 0 Å². The van der Waals surface area contributed by atoms with Gasteiger partial charge in [-0.05, 0) is 55.3 Å². The van der Waals surface area contributed by atoms with Crippen LogP contribution in [-0.2, 0) is 0 Å². The highest BCUT2D eigenvalue weighted by molar-refractivity contribution is 6.18. The zero-order valence-electron chi connectivity index (χ0n) is 17.5. The molecular formula is C31H20O. The van der Waals surface area contributed by atoms with Crippen molar-refractivity contribution in [3.8, 4) is 33.4 Å². The maximum absolute atomic E-state index is 13.5. The molecule has 0 fully saturated rings. The average Bonchev–Trinajstić information content (AvgIpc) is 3.09. The third kappa shape index (κ3) is 2.26. The van der Waals surface area contributed by atoms with Gasteiger partial charge in [0.15, 0.2) is 5.78 Å². The predicted molar refractivity (Wildman–Crippen MR) is 131 cm³/mol. The Bertz CT molecular complexity index is 1560. The fourth-order valence-corrected chi connectivity index (χ4v) is 5.92. The van der Waals surface area contributed by atoms with Gasteiger partial charge in [0, 0.05) is 17.9 Å². The van der Waals surface area contributed by atoms with Crippen LogP contribution in [0.3, 0.4) is 0 Å². The number of carbonyl (C=O) groups is 1. The lowest BCUT2D eigenvalue weighted by atomic mass is 9.82. The monoisotopic (exact) mass is 408 g/mol. The van der Waals surface area contributed by atoms with Crippen LogP contribution in [0.4, 0.5) is 0 Å². The van der Waals surface area contributed by atoms with Gasteiger partial charge < -0.3 is 0 Å². The van der Waals surface area contributed by atoms with Crippen molar-refractivity contribution in [3.05, 3.63) is 120 Å². The van der Waals surface area contributed by atoms with Crippen molar-refractivity contribution >= 4 is 16.6 Å². The summed E-state index contributed by atoms with van der Waals surface area (Å²) in [5.41, 5.74) is 10.8. The molecule has 2 aliphatic rings. The Labute approximate surface area is 187 Å². The van der Waals surface area contributed by atoms with E-state index in [2.05, 4.69) is 91.0 Å². The van der Waals surface area contributed by atoms with Gasteiger partial charge in [0.05, 0.1) is 0 Å². The Hall–Kier alpha value is -3.97. The van der Waals surface area contributed by atoms with Crippen molar-refractivity contribution in [1.82, 2.24) is 0 Å². The van der Waals surface area contributed by atoms with Gasteiger partial charge in [0.2, 0.25) is 0 Å². The first-order valence-corrected chi connectivity index (χ1v) is 11.2. The van der Waals surface area contributed by atoms with Gasteiger partial charge in [-0.1, -0.05) is 103 Å². The predicted octanol–water partition coefficient (Wildman–Crippen LogP) is 7.87. The number of carbonyl (C=O) groups excluding carboxylic acids is 1. The Morgan fingerprint density at radius 1 is 0.531 bits per heavy atom. The van der Waals surface area contributed by atoms with Crippen LogP contribution in [0.15, 0.2) is 103 Å². The van der Waals surface area contributed by atoms with E-state index >= 15 is 0 Å². The fraction of sp³-hybridized carbons (Fsp3) is 0.0645. The molecule has 0 N–H and O–H groups in total. The maximum Gasteiger partial charge on any atom is 0.164 e. The molecule has 1 heteroatoms. The number of hydrogen-bond donors (Lipinski definition) is 0. The van der Waals surface area contributed by atoms with E-state index in [0.717, 1.165) is 11.1 Å². The van der Waals surface area contributed by atoms with Crippen LogP contribution in [0, 0.1) is 0 Å². The smallest absolute Gasteiger partial charge is 0.164 e. The molecule has 0 amide bonds. The van der Waals surface area contributed by atoms with E-state index in [-0.39, 0.29) is 11.7 Å². The summed E-state index contributed by atoms with van der Waals surface area (Å²) in [6.45, 7) is 0. The molecule has 150 valence electrons. The molecule has 2 aliphatic carbocycles. The summed E-state index contributed by atoms with van der Waals surface area (Å²) in [4.78, 5) is 13.5. The van der Waals surface area contributed by atoms with E-state index in [0.29, 0.717) is 6.42 Å². The summed E-state index contributed by atoms with van der Waals surface area (Å²) >= 11 is 0. The number of hydrogen-bond acceptors (Lipinski definition) is 1. The normalized spacial score (nSPS) is 15.8. The number of Topliss-reactive ketones (excluding diaryl/α,β-unsaturated/α-hetero) is 1. The molecule has 0 heterocycles. The zero-order valence-corrected chi connectivity index (χ0v) is 17.5. The molecule has 5 aromatic carbocycles. The molecule has 0 radical (unpaired) electrons. The number of fused-ring (bicyclic) bond motifs is 7. The molecule has 0 saturated heterocycles. The number of rotatable bonds is 1. The Morgan fingerprint density at radius 3 is 1.91 bits per heavy atom. The molecule has 1 atom stereocenters. The summed E-state index contributed by atoms with van der Waals surface area (Å²) in [5, 5.41) is 2.47. The van der Waals surface area contributed by atoms with Crippen LogP contribution in [-0.4, -0.2) is 5.78 Å². The second-order valence-electron chi connectivity index (χ2n) is 8.76. The van der Waals surface area contributed by atoms with Crippen molar-refractivity contribution in [2.45, 2.75) is 12.3 Å². The molecule has 0 aliphatic heterocycles. The molecule has 1 unspecified atom stereocenters. The minimum atomic E-state index is 0.0863. The number of ketones is 1. The van der Waals surface area contributed by atoms with Crippen LogP contribution in [0.2, 0.25) is 0 Å². The SMILES string of the molecule is O=C1CC2c3ccccc3-c3c2c(c2ccccc2c3-c2ccccc2)-c2ccccc21. The largest absolute Gasteiger partial charge is 0.294 e. The second kappa shape index (κ2) is 6.51. The Morgan fingerprint density at radius 2 is 1.12 bits per heavy atom. The topological polar surface area (TPSA) is 17.1 Å². The van der Waals surface area contributed by atoms with E-state index in [9.17, 15) is 4.79 Å². The summed E-state index contributed by atoms with van der Waals surface area (Å²) in [7, 11) is 0. The quantitative estimate of drug-likeness (QED) is 0.276. The first-order chi connectivity index (χ1) is 15.8. The van der Waals surface area contributed by atoms with Crippen LogP contribution in [0.25, 0.3) is 44.2 Å². The molecule has 0 spiro atoms. The fourth-order valence-electron chi connectivity index (χ4n) is 5.92. The lowest BCUT2D eigenvalue weighted by Crippen LogP contribution is -2.04. The minimum Gasteiger partial charge on any atom is -0.294 e. The van der Waals surface area contributed by atoms with Crippen molar-refractivity contribution in [2.75, 3.05) is 0 Å². The van der Waals surface area contributed by atoms with Crippen LogP contribution in [0.1, 0.15) is 33.8 Å². The lowest BCUT2D eigenvalue weighted by molar-refractivity contribution is 0.0980. The number of benzene rings is 5. The van der Waals surface area contributed by atoms with E-state index in [1.54, 1.807) is 0 Å². The van der Waals surface area contributed by atoms with Gasteiger partial charge in [-0.3, -0.25) is 4.79 Å². The Balaban J connectivity index is 1.76. The molecule has 0 bridgehead atoms. The van der Waals surface area contributed by atoms with Crippen molar-refractivity contribution in [3.63, 3.8) is 0 Å². The second-order valence-corrected chi connectivity index (χ2v) is 8.76. The van der Waals surface area contributed by atoms with Gasteiger partial charge in [-0.2, -0.15) is 0 Å². The molecule has 7 rings (SSSR count). The van der Waals surface area contributed by atoms with E-state index in [1.807, 2.05) is 12.1 Å². The van der Waals surface area contributed by atoms with Crippen LogP contribution < -0.4 is 0 Å². The third-order valence-electron chi connectivity index (χ3n) is 7.16. The molecule has 5 aromatic rings. The molecular weight excluding hydrogens is 388 g/mol. The van der Waals surface area contributed by atoms with Crippen LogP contribution in [0.5, 0.6) is 0 Å². The van der Waals surface area contributed by atoms with Gasteiger partial charge >= 0.3 is 0 Å². The lowest BCUT2D eigenvalue weighted by Gasteiger charge is -2.21. The Kier molecular flexibility index (Phi) is 3.60. The third-order valence-corrected chi connectivity index (χ3v) is 7.16. The first kappa shape index (κ1) is 17.7. The highest BCUT2D eigenvalue weighted by Gasteiger charge is 2.39. The zero-order chi connectivity index (χ0) is 21.2. The van der Waals surface area contributed by atoms with Gasteiger partial charge in [-0.15, -0.1) is 0 Å². The van der Waals surface area contributed by atoms with Crippen LogP contribution >= 0.6 is 0 Å². The summed E-state index contributed by atoms with van der Waals surface area (Å²) in [6.07, 6.45) is 0.514. The highest BCUT2D eigenvalue weighted by atomic mass is 16.1. The maximum atomic E-state index is 13.5. The molecule has 1 nitrogen and oxygen atoms in total. The summed E-state index contributed by atoms with van der Waals surface area (Å²) in [6, 6.07) is 36.2. The minimum absolute atomic E-state index is 0.0863. The van der Waals surface area contributed by atoms with Gasteiger partial charge in [-0.25, -0.2) is 0 Å². The first-order valence-electron chi connectivity index (χ1n) is 11.2. The van der Waals surface area contributed by atoms with Gasteiger partial charge in [0.1, 0.15) is 0 Å². The van der Waals surface area contributed by atoms with E-state index < -0.39 is 0 Å². The summed E-state index contributed by atoms with van der Waals surface area (Å²) < 4.78 is 0. The standard InChI is InChI=1S/C31H20O/c32-27-18-26-20-12-4-6-14-22(20)30-28(19-10-2-1-3-11-19)24-16-8-9-17-25(24)29(31(26)30)23-15-7-5-13-21(23)27/h1-17,26H,18H2. The van der Waals surface area contributed by atoms with E-state index in [4.69, 9.17) is 0 Å². The van der Waals surface area contributed by atoms with Crippen molar-refractivity contribution in [2.24, 2.45) is 0 Å². The highest BCUT2D eigenvalue weighted by Crippen LogP contribution is 2.58. The van der Waals surface area contributed by atoms with E-state index in [1.165, 1.54) is 49.7 Å².